The fourth-order valence-corrected chi connectivity index (χ4v) is 6.76. The lowest BCUT2D eigenvalue weighted by Gasteiger charge is -2.32. The molecule has 0 aliphatic carbocycles. The van der Waals surface area contributed by atoms with Gasteiger partial charge in [0.05, 0.1) is 34.7 Å². The van der Waals surface area contributed by atoms with Crippen molar-refractivity contribution in [2.75, 3.05) is 18.6 Å². The van der Waals surface area contributed by atoms with Crippen LogP contribution in [0.5, 0.6) is 17.2 Å². The Hall–Kier alpha value is -5.64. The molecule has 3 aromatic rings. The zero-order valence-corrected chi connectivity index (χ0v) is 31.3. The number of aliphatic carboxylic acids is 1. The number of ether oxygens (including phenoxy) is 3. The second kappa shape index (κ2) is 16.1. The number of sulfone groups is 2. The van der Waals surface area contributed by atoms with Crippen molar-refractivity contribution in [2.24, 2.45) is 0 Å². The average molecular weight is 750 g/mol. The van der Waals surface area contributed by atoms with E-state index in [-0.39, 0.29) is 27.0 Å². The van der Waals surface area contributed by atoms with Crippen LogP contribution in [0.15, 0.2) is 93.4 Å². The van der Waals surface area contributed by atoms with Crippen molar-refractivity contribution >= 4 is 37.2 Å². The number of nitriles is 2. The highest BCUT2D eigenvalue weighted by Crippen LogP contribution is 2.37. The number of benzene rings is 3. The van der Waals surface area contributed by atoms with Gasteiger partial charge >= 0.3 is 5.97 Å². The first-order chi connectivity index (χ1) is 24.2. The van der Waals surface area contributed by atoms with Crippen molar-refractivity contribution in [3.63, 3.8) is 0 Å². The van der Waals surface area contributed by atoms with Gasteiger partial charge in [0.25, 0.3) is 12.1 Å². The topological polar surface area (TPSA) is 201 Å². The Morgan fingerprint density at radius 1 is 0.808 bits per heavy atom. The van der Waals surface area contributed by atoms with Gasteiger partial charge < -0.3 is 19.3 Å². The van der Waals surface area contributed by atoms with Crippen molar-refractivity contribution in [2.45, 2.75) is 68.4 Å². The molecule has 3 aromatic carbocycles. The molecular weight excluding hydrogens is 711 g/mol. The molecule has 0 bridgehead atoms. The Balaban J connectivity index is 2.13. The zero-order chi connectivity index (χ0) is 39.1. The normalized spacial score (nSPS) is 12.9. The minimum absolute atomic E-state index is 0.0259. The summed E-state index contributed by atoms with van der Waals surface area (Å²) >= 11 is 0. The molecular formula is C37H39N3O10S2. The minimum Gasteiger partial charge on any atom is -0.497 e. The molecule has 0 radical (unpaired) electrons. The molecule has 0 spiro atoms. The molecule has 0 saturated carbocycles. The monoisotopic (exact) mass is 749 g/mol. The van der Waals surface area contributed by atoms with Gasteiger partial charge in [0.2, 0.25) is 19.7 Å². The number of anilines is 1. The van der Waals surface area contributed by atoms with E-state index >= 15 is 0 Å². The Bertz CT molecular complexity index is 2200. The number of carbonyl (C=O) groups is 2. The highest BCUT2D eigenvalue weighted by atomic mass is 32.2. The predicted octanol–water partition coefficient (Wildman–Crippen LogP) is 5.81. The molecule has 0 saturated heterocycles. The predicted molar refractivity (Wildman–Crippen MR) is 192 cm³/mol. The van der Waals surface area contributed by atoms with Crippen LogP contribution < -0.4 is 19.1 Å². The second-order valence-electron chi connectivity index (χ2n) is 13.3. The van der Waals surface area contributed by atoms with Gasteiger partial charge in [0.15, 0.2) is 6.61 Å². The van der Waals surface area contributed by atoms with Crippen molar-refractivity contribution in [1.82, 2.24) is 0 Å². The quantitative estimate of drug-likeness (QED) is 0.163. The summed E-state index contributed by atoms with van der Waals surface area (Å²) in [5.74, 6) is -2.01. The lowest BCUT2D eigenvalue weighted by atomic mass is 9.86. The summed E-state index contributed by atoms with van der Waals surface area (Å²) in [5.41, 5.74) is -0.686. The maximum Gasteiger partial charge on any atom is 0.367 e. The highest BCUT2D eigenvalue weighted by Gasteiger charge is 2.36. The number of nitrogens with zero attached hydrogens (tertiary/aromatic N) is 3. The molecule has 1 N–H and O–H groups in total. The van der Waals surface area contributed by atoms with Gasteiger partial charge in [0, 0.05) is 40.2 Å². The summed E-state index contributed by atoms with van der Waals surface area (Å²) in [6.45, 7) is 9.97. The average Bonchev–Trinajstić information content (AvgIpc) is 3.07. The molecule has 1 amide bonds. The van der Waals surface area contributed by atoms with Crippen molar-refractivity contribution in [3.05, 3.63) is 94.8 Å². The first-order valence-corrected chi connectivity index (χ1v) is 18.7. The maximum atomic E-state index is 14.1. The second-order valence-corrected chi connectivity index (χ2v) is 17.0. The lowest BCUT2D eigenvalue weighted by molar-refractivity contribution is -0.147. The van der Waals surface area contributed by atoms with Crippen LogP contribution >= 0.6 is 0 Å². The van der Waals surface area contributed by atoms with E-state index in [1.807, 2.05) is 0 Å². The molecule has 3 rings (SSSR count). The number of carbonyl (C=O) groups excluding carboxylic acids is 1. The molecule has 52 heavy (non-hydrogen) atoms. The molecule has 274 valence electrons. The smallest absolute Gasteiger partial charge is 0.367 e. The van der Waals surface area contributed by atoms with Crippen LogP contribution in [0.1, 0.15) is 52.7 Å². The summed E-state index contributed by atoms with van der Waals surface area (Å²) in [5, 5.41) is 29.7. The van der Waals surface area contributed by atoms with Crippen LogP contribution in [0.2, 0.25) is 0 Å². The fraction of sp³-hybridized carbons (Fsp3) is 0.297. The number of carboxylic acids is 1. The summed E-state index contributed by atoms with van der Waals surface area (Å²) in [7, 11) is -6.60. The SMILES string of the molecule is COc1cccc(N(C(=O)COc2ccc(S(=O)(=O)/C=C/C#N)cc2C(C)(C)C)C(Oc2ccc(S(=O)(=O)/C=C/C#N)cc2C(C)(C)C)C(=O)O)c1. The van der Waals surface area contributed by atoms with Crippen LogP contribution in [-0.4, -0.2) is 53.8 Å². The summed E-state index contributed by atoms with van der Waals surface area (Å²) in [6, 6.07) is 17.1. The van der Waals surface area contributed by atoms with Gasteiger partial charge in [0.1, 0.15) is 17.2 Å². The highest BCUT2D eigenvalue weighted by molar-refractivity contribution is 7.94. The third-order valence-electron chi connectivity index (χ3n) is 7.45. The van der Waals surface area contributed by atoms with Gasteiger partial charge in [-0.05, 0) is 59.4 Å². The van der Waals surface area contributed by atoms with E-state index in [4.69, 9.17) is 24.7 Å². The van der Waals surface area contributed by atoms with Crippen LogP contribution in [0, 0.1) is 22.7 Å². The number of allylic oxidation sites excluding steroid dienone is 2. The van der Waals surface area contributed by atoms with E-state index in [9.17, 15) is 31.5 Å². The van der Waals surface area contributed by atoms with E-state index in [0.717, 1.165) is 27.9 Å². The largest absolute Gasteiger partial charge is 0.497 e. The van der Waals surface area contributed by atoms with Crippen molar-refractivity contribution in [1.29, 1.82) is 10.5 Å². The van der Waals surface area contributed by atoms with Crippen LogP contribution in [0.4, 0.5) is 5.69 Å². The Kier molecular flexibility index (Phi) is 12.7. The van der Waals surface area contributed by atoms with E-state index in [1.165, 1.54) is 55.6 Å². The number of hydrogen-bond acceptors (Lipinski definition) is 11. The summed E-state index contributed by atoms with van der Waals surface area (Å²) in [4.78, 5) is 27.6. The Labute approximate surface area is 303 Å². The van der Waals surface area contributed by atoms with Gasteiger partial charge in [-0.15, -0.1) is 0 Å². The standard InChI is InChI=1S/C37H39N3O10S2/c1-36(2,3)29-22-27(51(44,45)19-9-17-38)13-15-31(29)49-24-33(41)40(25-11-8-12-26(21-25)48-7)34(35(42)43)50-32-16-14-28(23-30(32)37(4,5)6)52(46,47)20-10-18-39/h8-16,19-23,34H,24H2,1-7H3,(H,42,43)/b19-9+,20-10+. The zero-order valence-electron chi connectivity index (χ0n) is 29.6. The molecule has 0 aliphatic heterocycles. The third-order valence-corrected chi connectivity index (χ3v) is 10.3. The molecule has 0 aromatic heterocycles. The Morgan fingerprint density at radius 3 is 1.77 bits per heavy atom. The number of amides is 1. The molecule has 0 fully saturated rings. The van der Waals surface area contributed by atoms with Gasteiger partial charge in [-0.25, -0.2) is 21.6 Å². The molecule has 1 unspecified atom stereocenters. The van der Waals surface area contributed by atoms with Crippen LogP contribution in [0.3, 0.4) is 0 Å². The van der Waals surface area contributed by atoms with E-state index in [2.05, 4.69) is 0 Å². The maximum absolute atomic E-state index is 14.1. The van der Waals surface area contributed by atoms with Crippen LogP contribution in [-0.2, 0) is 40.1 Å². The number of hydrogen-bond donors (Lipinski definition) is 1. The molecule has 0 aliphatic rings. The van der Waals surface area contributed by atoms with Crippen molar-refractivity contribution < 1.29 is 45.7 Å². The first kappa shape index (κ1) is 40.8. The minimum atomic E-state index is -4.03. The summed E-state index contributed by atoms with van der Waals surface area (Å²) < 4.78 is 68.5. The fourth-order valence-electron chi connectivity index (χ4n) is 4.88. The van der Waals surface area contributed by atoms with E-state index in [1.54, 1.807) is 65.8 Å². The lowest BCUT2D eigenvalue weighted by Crippen LogP contribution is -2.51. The number of rotatable bonds is 13. The van der Waals surface area contributed by atoms with Crippen molar-refractivity contribution in [3.8, 4) is 29.4 Å². The van der Waals surface area contributed by atoms with E-state index in [0.29, 0.717) is 16.9 Å². The molecule has 1 atom stereocenters. The van der Waals surface area contributed by atoms with Crippen LogP contribution in [0.25, 0.3) is 0 Å². The molecule has 13 nitrogen and oxygen atoms in total. The first-order valence-electron chi connectivity index (χ1n) is 15.6. The van der Waals surface area contributed by atoms with Gasteiger partial charge in [-0.2, -0.15) is 10.5 Å². The Morgan fingerprint density at radius 2 is 1.31 bits per heavy atom. The van der Waals surface area contributed by atoms with Gasteiger partial charge in [-0.3, -0.25) is 9.69 Å². The third kappa shape index (κ3) is 9.99. The number of methoxy groups -OCH3 is 1. The number of carboxylic acid groups (broad SMARTS) is 1. The van der Waals surface area contributed by atoms with E-state index < -0.39 is 55.2 Å². The molecule has 15 heteroatoms. The van der Waals surface area contributed by atoms with Gasteiger partial charge in [-0.1, -0.05) is 47.6 Å². The molecule has 0 heterocycles. The summed E-state index contributed by atoms with van der Waals surface area (Å²) in [6.07, 6.45) is -0.337.